The SMILES string of the molecule is CC(C)(C)OC(=O)N1CC[C@H](NF)C1. The normalized spacial score (nSPS) is 22.6. The quantitative estimate of drug-likeness (QED) is 0.658. The Kier molecular flexibility index (Phi) is 3.31. The zero-order valence-corrected chi connectivity index (χ0v) is 8.84. The zero-order chi connectivity index (χ0) is 10.8. The molecule has 5 heteroatoms. The van der Waals surface area contributed by atoms with Crippen molar-refractivity contribution >= 4 is 6.09 Å². The van der Waals surface area contributed by atoms with Gasteiger partial charge in [0.15, 0.2) is 0 Å². The first-order chi connectivity index (χ1) is 6.42. The molecule has 0 unspecified atom stereocenters. The average Bonchev–Trinajstić information content (AvgIpc) is 2.48. The van der Waals surface area contributed by atoms with Gasteiger partial charge in [0.2, 0.25) is 0 Å². The topological polar surface area (TPSA) is 41.6 Å². The summed E-state index contributed by atoms with van der Waals surface area (Å²) in [7, 11) is 0. The summed E-state index contributed by atoms with van der Waals surface area (Å²) in [6, 6.07) is -0.248. The van der Waals surface area contributed by atoms with E-state index < -0.39 is 5.60 Å². The molecule has 0 bridgehead atoms. The van der Waals surface area contributed by atoms with Gasteiger partial charge in [0.05, 0.1) is 6.04 Å². The maximum atomic E-state index is 12.0. The molecule has 1 fully saturated rings. The summed E-state index contributed by atoms with van der Waals surface area (Å²) in [5, 5.41) is 0. The molecule has 1 amide bonds. The predicted octanol–water partition coefficient (Wildman–Crippen LogP) is 1.47. The standard InChI is InChI=1S/C9H17FN2O2/c1-9(2,3)14-8(13)12-5-4-7(6-12)11-10/h7,11H,4-6H2,1-3H3/t7-/m0/s1. The molecule has 1 saturated heterocycles. The molecular formula is C9H17FN2O2. The molecule has 0 radical (unpaired) electrons. The Balaban J connectivity index is 2.40. The number of likely N-dealkylation sites (tertiary alicyclic amines) is 1. The molecule has 82 valence electrons. The van der Waals surface area contributed by atoms with E-state index in [-0.39, 0.29) is 12.1 Å². The van der Waals surface area contributed by atoms with Gasteiger partial charge in [-0.25, -0.2) is 4.79 Å². The minimum atomic E-state index is -0.488. The zero-order valence-electron chi connectivity index (χ0n) is 8.84. The van der Waals surface area contributed by atoms with Crippen LogP contribution in [-0.4, -0.2) is 35.7 Å². The highest BCUT2D eigenvalue weighted by Crippen LogP contribution is 2.15. The van der Waals surface area contributed by atoms with E-state index in [1.165, 1.54) is 4.90 Å². The van der Waals surface area contributed by atoms with Gasteiger partial charge in [0, 0.05) is 13.1 Å². The summed E-state index contributed by atoms with van der Waals surface area (Å²) in [6.07, 6.45) is 0.269. The fourth-order valence-electron chi connectivity index (χ4n) is 1.34. The van der Waals surface area contributed by atoms with Gasteiger partial charge in [-0.05, 0) is 27.2 Å². The Morgan fingerprint density at radius 3 is 2.64 bits per heavy atom. The highest BCUT2D eigenvalue weighted by molar-refractivity contribution is 5.68. The number of hydrogen-bond donors (Lipinski definition) is 1. The smallest absolute Gasteiger partial charge is 0.410 e. The predicted molar refractivity (Wildman–Crippen MR) is 50.5 cm³/mol. The van der Waals surface area contributed by atoms with E-state index >= 15 is 0 Å². The van der Waals surface area contributed by atoms with Gasteiger partial charge >= 0.3 is 6.09 Å². The number of ether oxygens (including phenoxy) is 1. The third kappa shape index (κ3) is 3.14. The van der Waals surface area contributed by atoms with E-state index in [1.807, 2.05) is 20.8 Å². The van der Waals surface area contributed by atoms with E-state index in [9.17, 15) is 9.28 Å². The fourth-order valence-corrected chi connectivity index (χ4v) is 1.34. The second-order valence-electron chi connectivity index (χ2n) is 4.52. The van der Waals surface area contributed by atoms with Crippen molar-refractivity contribution in [2.45, 2.75) is 38.8 Å². The van der Waals surface area contributed by atoms with Crippen LogP contribution in [0.2, 0.25) is 0 Å². The van der Waals surface area contributed by atoms with Crippen LogP contribution < -0.4 is 5.54 Å². The van der Waals surface area contributed by atoms with E-state index in [1.54, 1.807) is 5.54 Å². The molecule has 1 heterocycles. The highest BCUT2D eigenvalue weighted by atomic mass is 19.2. The Morgan fingerprint density at radius 2 is 2.21 bits per heavy atom. The van der Waals surface area contributed by atoms with Crippen LogP contribution in [0.5, 0.6) is 0 Å². The lowest BCUT2D eigenvalue weighted by molar-refractivity contribution is 0.0287. The summed E-state index contributed by atoms with van der Waals surface area (Å²) in [5.41, 5.74) is 1.17. The minimum absolute atomic E-state index is 0.248. The van der Waals surface area contributed by atoms with Gasteiger partial charge in [-0.15, -0.1) is 4.48 Å². The molecule has 0 aromatic rings. The summed E-state index contributed by atoms with van der Waals surface area (Å²) in [6.45, 7) is 6.37. The van der Waals surface area contributed by atoms with E-state index in [0.717, 1.165) is 0 Å². The Labute approximate surface area is 83.3 Å². The second-order valence-corrected chi connectivity index (χ2v) is 4.52. The van der Waals surface area contributed by atoms with Crippen molar-refractivity contribution in [1.82, 2.24) is 10.4 Å². The molecule has 1 N–H and O–H groups in total. The molecule has 1 aliphatic rings. The van der Waals surface area contributed by atoms with Crippen molar-refractivity contribution in [2.75, 3.05) is 13.1 Å². The van der Waals surface area contributed by atoms with Crippen molar-refractivity contribution in [2.24, 2.45) is 0 Å². The first-order valence-corrected chi connectivity index (χ1v) is 4.76. The molecule has 0 saturated carbocycles. The number of nitrogens with zero attached hydrogens (tertiary/aromatic N) is 1. The molecule has 4 nitrogen and oxygen atoms in total. The van der Waals surface area contributed by atoms with E-state index in [0.29, 0.717) is 19.5 Å². The monoisotopic (exact) mass is 204 g/mol. The number of rotatable bonds is 1. The molecule has 0 spiro atoms. The third-order valence-electron chi connectivity index (χ3n) is 1.99. The second kappa shape index (κ2) is 4.13. The van der Waals surface area contributed by atoms with Gasteiger partial charge in [0.25, 0.3) is 0 Å². The number of carbonyl (C=O) groups is 1. The molecule has 1 rings (SSSR count). The summed E-state index contributed by atoms with van der Waals surface area (Å²) < 4.78 is 17.2. The maximum absolute atomic E-state index is 12.0. The van der Waals surface area contributed by atoms with Crippen LogP contribution in [0.3, 0.4) is 0 Å². The number of nitrogens with one attached hydrogen (secondary N) is 1. The summed E-state index contributed by atoms with van der Waals surface area (Å²) >= 11 is 0. The molecule has 1 aliphatic heterocycles. The lowest BCUT2D eigenvalue weighted by Gasteiger charge is -2.24. The van der Waals surface area contributed by atoms with Crippen molar-refractivity contribution in [3.05, 3.63) is 0 Å². The van der Waals surface area contributed by atoms with Crippen LogP contribution in [0.1, 0.15) is 27.2 Å². The van der Waals surface area contributed by atoms with Crippen LogP contribution in [0, 0.1) is 0 Å². The lowest BCUT2D eigenvalue weighted by atomic mass is 10.2. The van der Waals surface area contributed by atoms with E-state index in [2.05, 4.69) is 0 Å². The number of amides is 1. The van der Waals surface area contributed by atoms with Crippen molar-refractivity contribution in [1.29, 1.82) is 0 Å². The summed E-state index contributed by atoms with van der Waals surface area (Å²) in [5.74, 6) is 0. The molecule has 14 heavy (non-hydrogen) atoms. The molecular weight excluding hydrogens is 187 g/mol. The van der Waals surface area contributed by atoms with Crippen LogP contribution in [0.15, 0.2) is 0 Å². The van der Waals surface area contributed by atoms with Gasteiger partial charge in [-0.2, -0.15) is 5.54 Å². The Hall–Kier alpha value is -0.840. The van der Waals surface area contributed by atoms with Crippen LogP contribution in [0.4, 0.5) is 9.28 Å². The average molecular weight is 204 g/mol. The molecule has 1 atom stereocenters. The molecule has 0 aromatic heterocycles. The number of carbonyl (C=O) groups excluding carboxylic acids is 1. The van der Waals surface area contributed by atoms with Crippen molar-refractivity contribution in [3.63, 3.8) is 0 Å². The molecule has 0 aromatic carbocycles. The third-order valence-corrected chi connectivity index (χ3v) is 1.99. The van der Waals surface area contributed by atoms with Gasteiger partial charge < -0.3 is 9.64 Å². The van der Waals surface area contributed by atoms with Gasteiger partial charge in [0.1, 0.15) is 5.60 Å². The summed E-state index contributed by atoms with van der Waals surface area (Å²) in [4.78, 5) is 13.0. The van der Waals surface area contributed by atoms with Gasteiger partial charge in [-0.3, -0.25) is 0 Å². The first kappa shape index (κ1) is 11.2. The minimum Gasteiger partial charge on any atom is -0.444 e. The largest absolute Gasteiger partial charge is 0.444 e. The fraction of sp³-hybridized carbons (Fsp3) is 0.889. The van der Waals surface area contributed by atoms with Crippen LogP contribution in [-0.2, 0) is 4.74 Å². The number of halogens is 1. The Bertz CT molecular complexity index is 215. The lowest BCUT2D eigenvalue weighted by Crippen LogP contribution is -2.37. The van der Waals surface area contributed by atoms with Gasteiger partial charge in [-0.1, -0.05) is 0 Å². The van der Waals surface area contributed by atoms with Crippen molar-refractivity contribution < 1.29 is 14.0 Å². The van der Waals surface area contributed by atoms with Crippen molar-refractivity contribution in [3.8, 4) is 0 Å². The van der Waals surface area contributed by atoms with E-state index in [4.69, 9.17) is 4.74 Å². The van der Waals surface area contributed by atoms with Crippen LogP contribution >= 0.6 is 0 Å². The Morgan fingerprint density at radius 1 is 1.57 bits per heavy atom. The number of hydrogen-bond acceptors (Lipinski definition) is 3. The highest BCUT2D eigenvalue weighted by Gasteiger charge is 2.29. The first-order valence-electron chi connectivity index (χ1n) is 4.76. The van der Waals surface area contributed by atoms with Crippen LogP contribution in [0.25, 0.3) is 0 Å². The molecule has 0 aliphatic carbocycles. The maximum Gasteiger partial charge on any atom is 0.410 e.